The average molecular weight is 332 g/mol. The molecular weight excluding hydrogens is 310 g/mol. The van der Waals surface area contributed by atoms with Gasteiger partial charge in [0.25, 0.3) is 0 Å². The van der Waals surface area contributed by atoms with Crippen LogP contribution >= 0.6 is 11.6 Å². The maximum atomic E-state index is 11.7. The Morgan fingerprint density at radius 2 is 2.10 bits per heavy atom. The number of nitrogens with two attached hydrogens (primary N) is 1. The van der Waals surface area contributed by atoms with Gasteiger partial charge in [0, 0.05) is 24.2 Å². The number of hydrazine groups is 1. The first-order chi connectivity index (χ1) is 9.90. The molecule has 1 fully saturated rings. The van der Waals surface area contributed by atoms with E-state index in [0.29, 0.717) is 24.0 Å². The van der Waals surface area contributed by atoms with Crippen LogP contribution in [0.25, 0.3) is 0 Å². The molecule has 0 amide bonds. The molecule has 3 N–H and O–H groups in total. The van der Waals surface area contributed by atoms with Crippen molar-refractivity contribution in [3.8, 4) is 0 Å². The van der Waals surface area contributed by atoms with Crippen LogP contribution in [0.1, 0.15) is 30.9 Å². The third kappa shape index (κ3) is 4.66. The summed E-state index contributed by atoms with van der Waals surface area (Å²) in [6, 6.07) is 7.58. The van der Waals surface area contributed by atoms with Crippen LogP contribution in [0.3, 0.4) is 0 Å². The predicted molar refractivity (Wildman–Crippen MR) is 85.3 cm³/mol. The number of hydrogen-bond acceptors (Lipinski definition) is 4. The maximum Gasteiger partial charge on any atom is 0.211 e. The summed E-state index contributed by atoms with van der Waals surface area (Å²) in [7, 11) is -3.11. The van der Waals surface area contributed by atoms with Gasteiger partial charge in [-0.25, -0.2) is 12.7 Å². The van der Waals surface area contributed by atoms with Crippen molar-refractivity contribution in [2.24, 2.45) is 11.8 Å². The lowest BCUT2D eigenvalue weighted by atomic mass is 9.90. The van der Waals surface area contributed by atoms with Gasteiger partial charge in [-0.3, -0.25) is 11.3 Å². The molecule has 1 aliphatic rings. The van der Waals surface area contributed by atoms with Crippen LogP contribution in [0.15, 0.2) is 24.3 Å². The standard InChI is InChI=1S/C14H22ClN3O2S/c1-21(19,20)18-8-2-3-11(10-18)9-14(17-16)12-4-6-13(15)7-5-12/h4-7,11,14,17H,2-3,8-10,16H2,1H3. The monoisotopic (exact) mass is 331 g/mol. The lowest BCUT2D eigenvalue weighted by Crippen LogP contribution is -2.41. The molecule has 0 saturated carbocycles. The van der Waals surface area contributed by atoms with Crippen LogP contribution in [-0.2, 0) is 10.0 Å². The van der Waals surface area contributed by atoms with E-state index in [2.05, 4.69) is 5.43 Å². The van der Waals surface area contributed by atoms with E-state index < -0.39 is 10.0 Å². The first kappa shape index (κ1) is 16.7. The minimum absolute atomic E-state index is 0.00627. The second-order valence-corrected chi connectivity index (χ2v) is 8.05. The van der Waals surface area contributed by atoms with Crippen molar-refractivity contribution in [3.63, 3.8) is 0 Å². The summed E-state index contributed by atoms with van der Waals surface area (Å²) in [4.78, 5) is 0. The molecule has 1 aromatic rings. The predicted octanol–water partition coefficient (Wildman–Crippen LogP) is 1.91. The van der Waals surface area contributed by atoms with Crippen LogP contribution < -0.4 is 11.3 Å². The summed E-state index contributed by atoms with van der Waals surface area (Å²) >= 11 is 5.90. The molecule has 1 aromatic carbocycles. The summed E-state index contributed by atoms with van der Waals surface area (Å²) in [5.74, 6) is 5.98. The Labute approximate surface area is 131 Å². The van der Waals surface area contributed by atoms with Crippen molar-refractivity contribution in [2.75, 3.05) is 19.3 Å². The Kier molecular flexibility index (Phi) is 5.62. The average Bonchev–Trinajstić information content (AvgIpc) is 2.45. The first-order valence-corrected chi connectivity index (χ1v) is 9.29. The Hall–Kier alpha value is -0.660. The summed E-state index contributed by atoms with van der Waals surface area (Å²) in [6.07, 6.45) is 4.00. The molecule has 118 valence electrons. The highest BCUT2D eigenvalue weighted by molar-refractivity contribution is 7.88. The van der Waals surface area contributed by atoms with E-state index in [1.165, 1.54) is 6.26 Å². The third-order valence-corrected chi connectivity index (χ3v) is 5.51. The fourth-order valence-corrected chi connectivity index (χ4v) is 3.92. The van der Waals surface area contributed by atoms with Crippen molar-refractivity contribution < 1.29 is 8.42 Å². The molecule has 0 aliphatic carbocycles. The van der Waals surface area contributed by atoms with Crippen molar-refractivity contribution in [2.45, 2.75) is 25.3 Å². The Morgan fingerprint density at radius 3 is 2.67 bits per heavy atom. The third-order valence-electron chi connectivity index (χ3n) is 3.99. The molecule has 21 heavy (non-hydrogen) atoms. The van der Waals surface area contributed by atoms with Crippen molar-refractivity contribution >= 4 is 21.6 Å². The Morgan fingerprint density at radius 1 is 1.43 bits per heavy atom. The van der Waals surface area contributed by atoms with Gasteiger partial charge in [-0.2, -0.15) is 0 Å². The molecule has 1 saturated heterocycles. The molecule has 1 aliphatic heterocycles. The number of rotatable bonds is 5. The summed E-state index contributed by atoms with van der Waals surface area (Å²) in [5, 5.41) is 0.690. The zero-order valence-electron chi connectivity index (χ0n) is 12.1. The van der Waals surface area contributed by atoms with Gasteiger partial charge < -0.3 is 0 Å². The number of nitrogens with one attached hydrogen (secondary N) is 1. The van der Waals surface area contributed by atoms with E-state index in [4.69, 9.17) is 17.4 Å². The smallest absolute Gasteiger partial charge is 0.211 e. The van der Waals surface area contributed by atoms with E-state index in [1.807, 2.05) is 24.3 Å². The summed E-state index contributed by atoms with van der Waals surface area (Å²) < 4.78 is 24.9. The zero-order chi connectivity index (χ0) is 15.5. The minimum atomic E-state index is -3.11. The minimum Gasteiger partial charge on any atom is -0.271 e. The van der Waals surface area contributed by atoms with E-state index in [1.54, 1.807) is 4.31 Å². The van der Waals surface area contributed by atoms with Crippen LogP contribution in [0, 0.1) is 5.92 Å². The molecular formula is C14H22ClN3O2S. The van der Waals surface area contributed by atoms with Crippen LogP contribution in [0.5, 0.6) is 0 Å². The Bertz CT molecular complexity index is 562. The molecule has 1 heterocycles. The second-order valence-electron chi connectivity index (χ2n) is 5.64. The molecule has 2 unspecified atom stereocenters. The molecule has 0 radical (unpaired) electrons. The molecule has 2 rings (SSSR count). The quantitative estimate of drug-likeness (QED) is 0.638. The van der Waals surface area contributed by atoms with E-state index in [9.17, 15) is 8.42 Å². The summed E-state index contributed by atoms with van der Waals surface area (Å²) in [5.41, 5.74) is 3.90. The fraction of sp³-hybridized carbons (Fsp3) is 0.571. The van der Waals surface area contributed by atoms with Gasteiger partial charge in [-0.1, -0.05) is 23.7 Å². The number of halogens is 1. The molecule has 0 bridgehead atoms. The molecule has 5 nitrogen and oxygen atoms in total. The lowest BCUT2D eigenvalue weighted by Gasteiger charge is -2.33. The van der Waals surface area contributed by atoms with Crippen LogP contribution in [-0.4, -0.2) is 32.1 Å². The fourth-order valence-electron chi connectivity index (χ4n) is 2.85. The number of sulfonamides is 1. The summed E-state index contributed by atoms with van der Waals surface area (Å²) in [6.45, 7) is 1.20. The van der Waals surface area contributed by atoms with Crippen LogP contribution in [0.2, 0.25) is 5.02 Å². The molecule has 7 heteroatoms. The number of benzene rings is 1. The topological polar surface area (TPSA) is 75.4 Å². The number of hydrogen-bond donors (Lipinski definition) is 2. The van der Waals surface area contributed by atoms with E-state index in [0.717, 1.165) is 24.8 Å². The lowest BCUT2D eigenvalue weighted by molar-refractivity contribution is 0.238. The highest BCUT2D eigenvalue weighted by atomic mass is 35.5. The van der Waals surface area contributed by atoms with Crippen molar-refractivity contribution in [1.29, 1.82) is 0 Å². The van der Waals surface area contributed by atoms with E-state index in [-0.39, 0.29) is 6.04 Å². The van der Waals surface area contributed by atoms with E-state index >= 15 is 0 Å². The van der Waals surface area contributed by atoms with Crippen LogP contribution in [0.4, 0.5) is 0 Å². The molecule has 0 aromatic heterocycles. The SMILES string of the molecule is CS(=O)(=O)N1CCCC(CC(NN)c2ccc(Cl)cc2)C1. The number of nitrogens with zero attached hydrogens (tertiary/aromatic N) is 1. The van der Waals surface area contributed by atoms with Gasteiger partial charge in [0.1, 0.15) is 0 Å². The normalized spacial score (nSPS) is 22.1. The van der Waals surface area contributed by atoms with Gasteiger partial charge in [-0.05, 0) is 42.9 Å². The Balaban J connectivity index is 2.03. The van der Waals surface area contributed by atoms with Gasteiger partial charge >= 0.3 is 0 Å². The molecule has 0 spiro atoms. The van der Waals surface area contributed by atoms with Gasteiger partial charge in [-0.15, -0.1) is 0 Å². The highest BCUT2D eigenvalue weighted by Gasteiger charge is 2.27. The molecule has 2 atom stereocenters. The van der Waals surface area contributed by atoms with Gasteiger partial charge in [0.15, 0.2) is 0 Å². The maximum absolute atomic E-state index is 11.7. The van der Waals surface area contributed by atoms with Gasteiger partial charge in [0.2, 0.25) is 10.0 Å². The number of piperidine rings is 1. The second kappa shape index (κ2) is 7.07. The highest BCUT2D eigenvalue weighted by Crippen LogP contribution is 2.28. The largest absolute Gasteiger partial charge is 0.271 e. The zero-order valence-corrected chi connectivity index (χ0v) is 13.7. The van der Waals surface area contributed by atoms with Crippen molar-refractivity contribution in [1.82, 2.24) is 9.73 Å². The van der Waals surface area contributed by atoms with Crippen molar-refractivity contribution in [3.05, 3.63) is 34.9 Å². The van der Waals surface area contributed by atoms with Gasteiger partial charge in [0.05, 0.1) is 6.26 Å². The first-order valence-electron chi connectivity index (χ1n) is 7.07.